The van der Waals surface area contributed by atoms with E-state index in [1.54, 1.807) is 19.2 Å². The second-order valence-electron chi connectivity index (χ2n) is 5.61. The number of para-hydroxylation sites is 1. The van der Waals surface area contributed by atoms with Crippen LogP contribution in [0.2, 0.25) is 0 Å². The van der Waals surface area contributed by atoms with Gasteiger partial charge in [0.05, 0.1) is 25.5 Å². The number of amides is 1. The van der Waals surface area contributed by atoms with Gasteiger partial charge in [-0.25, -0.2) is 5.01 Å². The van der Waals surface area contributed by atoms with Crippen molar-refractivity contribution in [3.05, 3.63) is 54.0 Å². The predicted octanol–water partition coefficient (Wildman–Crippen LogP) is 2.83. The Balaban J connectivity index is 1.91. The van der Waals surface area contributed by atoms with Crippen molar-refractivity contribution in [3.8, 4) is 5.75 Å². The number of methoxy groups -OCH3 is 1. The van der Waals surface area contributed by atoms with Gasteiger partial charge in [0.25, 0.3) is 0 Å². The number of carbonyl (C=O) groups is 2. The van der Waals surface area contributed by atoms with Gasteiger partial charge in [0, 0.05) is 18.4 Å². The minimum atomic E-state index is -1.02. The number of furan rings is 1. The van der Waals surface area contributed by atoms with Crippen LogP contribution in [0.1, 0.15) is 36.6 Å². The largest absolute Gasteiger partial charge is 0.496 e. The van der Waals surface area contributed by atoms with Gasteiger partial charge in [0.2, 0.25) is 5.91 Å². The Bertz CT molecular complexity index is 798. The van der Waals surface area contributed by atoms with Crippen molar-refractivity contribution in [1.82, 2.24) is 5.01 Å². The molecule has 25 heavy (non-hydrogen) atoms. The summed E-state index contributed by atoms with van der Waals surface area (Å²) in [6.45, 7) is 0. The molecule has 2 aromatic rings. The molecule has 1 aromatic heterocycles. The number of hydrazone groups is 1. The molecule has 0 unspecified atom stereocenters. The highest BCUT2D eigenvalue weighted by Gasteiger charge is 2.35. The molecule has 7 heteroatoms. The molecule has 1 N–H and O–H groups in total. The second-order valence-corrected chi connectivity index (χ2v) is 5.61. The number of ether oxygens (including phenoxy) is 1. The van der Waals surface area contributed by atoms with E-state index in [4.69, 9.17) is 14.3 Å². The molecule has 1 aromatic carbocycles. The lowest BCUT2D eigenvalue weighted by Gasteiger charge is -2.19. The fraction of sp³-hybridized carbons (Fsp3) is 0.278. The van der Waals surface area contributed by atoms with Gasteiger partial charge in [-0.15, -0.1) is 0 Å². The minimum absolute atomic E-state index is 0.116. The summed E-state index contributed by atoms with van der Waals surface area (Å²) in [5.41, 5.74) is 1.50. The van der Waals surface area contributed by atoms with Crippen molar-refractivity contribution < 1.29 is 23.8 Å². The maximum absolute atomic E-state index is 12.5. The van der Waals surface area contributed by atoms with Crippen molar-refractivity contribution in [2.24, 2.45) is 5.10 Å². The molecule has 1 aliphatic rings. The van der Waals surface area contributed by atoms with Gasteiger partial charge < -0.3 is 14.3 Å². The van der Waals surface area contributed by atoms with Gasteiger partial charge in [-0.2, -0.15) is 5.10 Å². The molecule has 0 bridgehead atoms. The summed E-state index contributed by atoms with van der Waals surface area (Å²) in [5, 5.41) is 14.6. The fourth-order valence-electron chi connectivity index (χ4n) is 2.82. The number of carboxylic acids is 1. The number of carbonyl (C=O) groups excluding carboxylic acids is 1. The van der Waals surface area contributed by atoms with Gasteiger partial charge in [-0.05, 0) is 24.3 Å². The Labute approximate surface area is 144 Å². The average molecular weight is 342 g/mol. The third-order valence-electron chi connectivity index (χ3n) is 4.01. The van der Waals surface area contributed by atoms with Crippen LogP contribution >= 0.6 is 0 Å². The number of rotatable bonds is 6. The Morgan fingerprint density at radius 3 is 2.76 bits per heavy atom. The molecule has 0 radical (unpaired) electrons. The van der Waals surface area contributed by atoms with Crippen LogP contribution in [0.5, 0.6) is 5.75 Å². The van der Waals surface area contributed by atoms with Crippen molar-refractivity contribution in [3.63, 3.8) is 0 Å². The number of nitrogens with zero attached hydrogens (tertiary/aromatic N) is 2. The van der Waals surface area contributed by atoms with Crippen LogP contribution in [0.15, 0.2) is 52.2 Å². The normalized spacial score (nSPS) is 16.6. The monoisotopic (exact) mass is 342 g/mol. The van der Waals surface area contributed by atoms with Crippen molar-refractivity contribution in [1.29, 1.82) is 0 Å². The molecular formula is C18H18N2O5. The Kier molecular flexibility index (Phi) is 4.83. The fourth-order valence-corrected chi connectivity index (χ4v) is 2.82. The van der Waals surface area contributed by atoms with Gasteiger partial charge in [0.1, 0.15) is 17.6 Å². The molecule has 0 saturated heterocycles. The molecule has 0 spiro atoms. The molecule has 1 amide bonds. The molecular weight excluding hydrogens is 324 g/mol. The van der Waals surface area contributed by atoms with Crippen LogP contribution in [0.4, 0.5) is 0 Å². The van der Waals surface area contributed by atoms with Crippen LogP contribution in [0.3, 0.4) is 0 Å². The van der Waals surface area contributed by atoms with Crippen LogP contribution in [0.25, 0.3) is 0 Å². The first-order valence-electron chi connectivity index (χ1n) is 7.88. The number of carboxylic acid groups (broad SMARTS) is 1. The van der Waals surface area contributed by atoms with E-state index < -0.39 is 12.0 Å². The summed E-state index contributed by atoms with van der Waals surface area (Å²) in [6, 6.07) is 10.6. The smallest absolute Gasteiger partial charge is 0.303 e. The molecule has 130 valence electrons. The van der Waals surface area contributed by atoms with E-state index in [0.717, 1.165) is 5.56 Å². The third-order valence-corrected chi connectivity index (χ3v) is 4.01. The predicted molar refractivity (Wildman–Crippen MR) is 89.3 cm³/mol. The van der Waals surface area contributed by atoms with Crippen molar-refractivity contribution in [2.45, 2.75) is 25.3 Å². The van der Waals surface area contributed by atoms with E-state index in [0.29, 0.717) is 23.6 Å². The molecule has 1 aliphatic heterocycles. The summed E-state index contributed by atoms with van der Waals surface area (Å²) in [5.74, 6) is -0.0960. The van der Waals surface area contributed by atoms with Crippen LogP contribution in [-0.4, -0.2) is 34.8 Å². The van der Waals surface area contributed by atoms with E-state index in [1.165, 1.54) is 11.3 Å². The van der Waals surface area contributed by atoms with E-state index in [-0.39, 0.29) is 18.7 Å². The summed E-state index contributed by atoms with van der Waals surface area (Å²) in [4.78, 5) is 23.2. The van der Waals surface area contributed by atoms with Gasteiger partial charge >= 0.3 is 5.97 Å². The molecule has 3 rings (SSSR count). The summed E-state index contributed by atoms with van der Waals surface area (Å²) >= 11 is 0. The SMILES string of the molecule is COc1ccccc1C1=NN(C(=O)CCC(=O)O)[C@H](c2ccco2)C1. The van der Waals surface area contributed by atoms with E-state index in [2.05, 4.69) is 5.10 Å². The van der Waals surface area contributed by atoms with Crippen LogP contribution < -0.4 is 4.74 Å². The number of benzene rings is 1. The quantitative estimate of drug-likeness (QED) is 0.871. The number of hydrogen-bond acceptors (Lipinski definition) is 5. The molecule has 2 heterocycles. The number of hydrogen-bond donors (Lipinski definition) is 1. The van der Waals surface area contributed by atoms with Crippen molar-refractivity contribution >= 4 is 17.6 Å². The lowest BCUT2D eigenvalue weighted by atomic mass is 10.0. The maximum atomic E-state index is 12.5. The molecule has 0 saturated carbocycles. The zero-order valence-corrected chi connectivity index (χ0v) is 13.7. The van der Waals surface area contributed by atoms with E-state index in [1.807, 2.05) is 24.3 Å². The third kappa shape index (κ3) is 3.55. The van der Waals surface area contributed by atoms with Crippen LogP contribution in [0, 0.1) is 0 Å². The average Bonchev–Trinajstić information content (AvgIpc) is 3.28. The highest BCUT2D eigenvalue weighted by molar-refractivity contribution is 6.05. The second kappa shape index (κ2) is 7.21. The first-order valence-corrected chi connectivity index (χ1v) is 7.88. The lowest BCUT2D eigenvalue weighted by Crippen LogP contribution is -2.27. The minimum Gasteiger partial charge on any atom is -0.496 e. The zero-order valence-electron chi connectivity index (χ0n) is 13.7. The summed E-state index contributed by atoms with van der Waals surface area (Å²) in [6.07, 6.45) is 1.65. The summed E-state index contributed by atoms with van der Waals surface area (Å²) in [7, 11) is 1.58. The highest BCUT2D eigenvalue weighted by Crippen LogP contribution is 2.35. The first-order chi connectivity index (χ1) is 12.1. The number of aliphatic carboxylic acids is 1. The lowest BCUT2D eigenvalue weighted by molar-refractivity contribution is -0.141. The molecule has 0 aliphatic carbocycles. The van der Waals surface area contributed by atoms with Crippen LogP contribution in [-0.2, 0) is 9.59 Å². The Morgan fingerprint density at radius 2 is 2.08 bits per heavy atom. The van der Waals surface area contributed by atoms with Gasteiger partial charge in [-0.3, -0.25) is 9.59 Å². The topological polar surface area (TPSA) is 92.3 Å². The highest BCUT2D eigenvalue weighted by atomic mass is 16.5. The van der Waals surface area contributed by atoms with Crippen molar-refractivity contribution in [2.75, 3.05) is 7.11 Å². The maximum Gasteiger partial charge on any atom is 0.303 e. The first kappa shape index (κ1) is 16.8. The molecule has 1 atom stereocenters. The molecule has 0 fully saturated rings. The van der Waals surface area contributed by atoms with Gasteiger partial charge in [-0.1, -0.05) is 12.1 Å². The molecule has 7 nitrogen and oxygen atoms in total. The summed E-state index contributed by atoms with van der Waals surface area (Å²) < 4.78 is 10.8. The van der Waals surface area contributed by atoms with E-state index >= 15 is 0 Å². The Morgan fingerprint density at radius 1 is 1.28 bits per heavy atom. The van der Waals surface area contributed by atoms with E-state index in [9.17, 15) is 9.59 Å². The Hall–Kier alpha value is -3.09. The zero-order chi connectivity index (χ0) is 17.8. The standard InChI is InChI=1S/C18H18N2O5/c1-24-15-6-3-2-5-12(15)13-11-14(16-7-4-10-25-16)20(19-13)17(21)8-9-18(22)23/h2-7,10,14H,8-9,11H2,1H3,(H,22,23)/t14-/m0/s1. The van der Waals surface area contributed by atoms with Gasteiger partial charge in [0.15, 0.2) is 0 Å².